The Morgan fingerprint density at radius 2 is 1.65 bits per heavy atom. The van der Waals surface area contributed by atoms with Crippen LogP contribution in [0.2, 0.25) is 0 Å². The first-order valence-electron chi connectivity index (χ1n) is 5.41. The molecule has 0 spiro atoms. The topological polar surface area (TPSA) is 104 Å². The zero-order chi connectivity index (χ0) is 17.6. The molecule has 126 valence electrons. The van der Waals surface area contributed by atoms with Gasteiger partial charge in [-0.1, -0.05) is 0 Å². The monoisotopic (exact) mass is 361 g/mol. The van der Waals surface area contributed by atoms with Gasteiger partial charge in [-0.15, -0.1) is 5.10 Å². The minimum Gasteiger partial charge on any atom is -0.236 e. The Morgan fingerprint density at radius 1 is 1.04 bits per heavy atom. The zero-order valence-electron chi connectivity index (χ0n) is 10.6. The summed E-state index contributed by atoms with van der Waals surface area (Å²) in [5, 5.41) is 7.50. The summed E-state index contributed by atoms with van der Waals surface area (Å²) in [5.74, 6) is -4.68. The van der Waals surface area contributed by atoms with Gasteiger partial charge in [-0.25, -0.2) is 18.5 Å². The molecule has 0 radical (unpaired) electrons. The molecule has 0 bridgehead atoms. The van der Waals surface area contributed by atoms with Gasteiger partial charge in [0.1, 0.15) is 4.90 Å². The van der Waals surface area contributed by atoms with Crippen molar-refractivity contribution in [1.82, 2.24) is 19.7 Å². The molecule has 0 fully saturated rings. The molecule has 0 aromatic carbocycles. The van der Waals surface area contributed by atoms with Crippen molar-refractivity contribution in [2.24, 2.45) is 5.14 Å². The summed E-state index contributed by atoms with van der Waals surface area (Å²) in [4.78, 5) is 5.20. The number of hydrogen-bond donors (Lipinski definition) is 1. The molecule has 23 heavy (non-hydrogen) atoms. The fraction of sp³-hybridized carbons (Fsp3) is 0.222. The molecule has 0 amide bonds. The van der Waals surface area contributed by atoms with E-state index in [9.17, 15) is 34.8 Å². The van der Waals surface area contributed by atoms with Crippen LogP contribution < -0.4 is 5.14 Å². The Labute approximate surface area is 123 Å². The van der Waals surface area contributed by atoms with Gasteiger partial charge in [-0.05, 0) is 12.1 Å². The van der Waals surface area contributed by atoms with Crippen LogP contribution in [0.25, 0.3) is 5.82 Å². The number of nitrogens with two attached hydrogens (primary N) is 1. The predicted molar refractivity (Wildman–Crippen MR) is 60.5 cm³/mol. The molecule has 0 aliphatic carbocycles. The van der Waals surface area contributed by atoms with E-state index in [4.69, 9.17) is 5.14 Å². The van der Waals surface area contributed by atoms with Crippen LogP contribution in [0.1, 0.15) is 11.6 Å². The van der Waals surface area contributed by atoms with Crippen LogP contribution in [0.4, 0.5) is 26.3 Å². The normalized spacial score (nSPS) is 13.3. The van der Waals surface area contributed by atoms with Gasteiger partial charge in [0, 0.05) is 6.20 Å². The lowest BCUT2D eigenvalue weighted by atomic mass is 10.4. The SMILES string of the molecule is NS(=O)(=O)c1ccc(-n2nc(C(F)(F)F)nc2C(F)(F)F)nc1. The van der Waals surface area contributed by atoms with E-state index in [0.29, 0.717) is 12.3 Å². The Kier molecular flexibility index (Phi) is 3.84. The van der Waals surface area contributed by atoms with Crippen LogP contribution in [0, 0.1) is 0 Å². The molecular formula is C9H5F6N5O2S. The predicted octanol–water partition coefficient (Wildman–Crippen LogP) is 1.35. The molecule has 7 nitrogen and oxygen atoms in total. The van der Waals surface area contributed by atoms with Crippen molar-refractivity contribution in [3.63, 3.8) is 0 Å². The molecule has 0 atom stereocenters. The lowest BCUT2D eigenvalue weighted by Gasteiger charge is -2.07. The third kappa shape index (κ3) is 3.58. The van der Waals surface area contributed by atoms with Crippen molar-refractivity contribution in [2.75, 3.05) is 0 Å². The average Bonchev–Trinajstić information content (AvgIpc) is 2.82. The highest BCUT2D eigenvalue weighted by molar-refractivity contribution is 7.89. The highest BCUT2D eigenvalue weighted by Gasteiger charge is 2.44. The number of primary sulfonamides is 1. The molecule has 2 N–H and O–H groups in total. The maximum absolute atomic E-state index is 12.8. The lowest BCUT2D eigenvalue weighted by molar-refractivity contribution is -0.150. The molecule has 0 aliphatic rings. The van der Waals surface area contributed by atoms with Crippen LogP contribution >= 0.6 is 0 Å². The van der Waals surface area contributed by atoms with Crippen molar-refractivity contribution in [3.05, 3.63) is 30.0 Å². The minimum atomic E-state index is -5.24. The number of halogens is 6. The first-order valence-corrected chi connectivity index (χ1v) is 6.95. The quantitative estimate of drug-likeness (QED) is 0.813. The van der Waals surface area contributed by atoms with E-state index < -0.39 is 44.7 Å². The second kappa shape index (κ2) is 5.16. The molecular weight excluding hydrogens is 356 g/mol. The molecule has 0 saturated heterocycles. The number of nitrogens with zero attached hydrogens (tertiary/aromatic N) is 4. The highest BCUT2D eigenvalue weighted by Crippen LogP contribution is 2.33. The van der Waals surface area contributed by atoms with Gasteiger partial charge in [0.05, 0.1) is 0 Å². The second-order valence-corrected chi connectivity index (χ2v) is 5.62. The van der Waals surface area contributed by atoms with Crippen LogP contribution in [-0.4, -0.2) is 28.2 Å². The van der Waals surface area contributed by atoms with E-state index in [0.717, 1.165) is 6.07 Å². The van der Waals surface area contributed by atoms with Crippen molar-refractivity contribution in [1.29, 1.82) is 0 Å². The Morgan fingerprint density at radius 3 is 2.04 bits per heavy atom. The van der Waals surface area contributed by atoms with E-state index in [1.807, 2.05) is 0 Å². The van der Waals surface area contributed by atoms with E-state index in [2.05, 4.69) is 15.1 Å². The number of hydrogen-bond acceptors (Lipinski definition) is 5. The van der Waals surface area contributed by atoms with Gasteiger partial charge in [-0.3, -0.25) is 0 Å². The van der Waals surface area contributed by atoms with Crippen LogP contribution in [-0.2, 0) is 22.4 Å². The van der Waals surface area contributed by atoms with E-state index in [1.165, 1.54) is 0 Å². The van der Waals surface area contributed by atoms with E-state index in [1.54, 1.807) is 0 Å². The second-order valence-electron chi connectivity index (χ2n) is 4.06. The van der Waals surface area contributed by atoms with Crippen molar-refractivity contribution in [3.8, 4) is 5.82 Å². The molecule has 0 aliphatic heterocycles. The molecule has 2 heterocycles. The summed E-state index contributed by atoms with van der Waals surface area (Å²) >= 11 is 0. The Hall–Kier alpha value is -2.22. The minimum absolute atomic E-state index is 0.185. The number of sulfonamides is 1. The van der Waals surface area contributed by atoms with E-state index in [-0.39, 0.29) is 4.68 Å². The smallest absolute Gasteiger partial charge is 0.236 e. The molecule has 0 saturated carbocycles. The summed E-state index contributed by atoms with van der Waals surface area (Å²) < 4.78 is 97.6. The van der Waals surface area contributed by atoms with Crippen molar-refractivity contribution < 1.29 is 34.8 Å². The Balaban J connectivity index is 2.60. The fourth-order valence-corrected chi connectivity index (χ4v) is 1.90. The highest BCUT2D eigenvalue weighted by atomic mass is 32.2. The van der Waals surface area contributed by atoms with Crippen LogP contribution in [0.5, 0.6) is 0 Å². The molecule has 2 rings (SSSR count). The molecule has 0 unspecified atom stereocenters. The van der Waals surface area contributed by atoms with Crippen LogP contribution in [0.15, 0.2) is 23.2 Å². The Bertz CT molecular complexity index is 824. The summed E-state index contributed by atoms with van der Waals surface area (Å²) in [5.41, 5.74) is 0. The molecule has 2 aromatic heterocycles. The van der Waals surface area contributed by atoms with Crippen molar-refractivity contribution >= 4 is 10.0 Å². The average molecular weight is 361 g/mol. The van der Waals surface area contributed by atoms with Crippen molar-refractivity contribution in [2.45, 2.75) is 17.2 Å². The molecule has 2 aromatic rings. The maximum Gasteiger partial charge on any atom is 0.453 e. The van der Waals surface area contributed by atoms with Gasteiger partial charge in [0.25, 0.3) is 5.82 Å². The first kappa shape index (κ1) is 17.1. The number of rotatable bonds is 2. The third-order valence-electron chi connectivity index (χ3n) is 2.38. The van der Waals surface area contributed by atoms with Gasteiger partial charge in [0.2, 0.25) is 15.8 Å². The largest absolute Gasteiger partial charge is 0.453 e. The third-order valence-corrected chi connectivity index (χ3v) is 3.28. The maximum atomic E-state index is 12.8. The summed E-state index contributed by atoms with van der Waals surface area (Å²) in [6.45, 7) is 0. The number of aromatic nitrogens is 4. The van der Waals surface area contributed by atoms with Gasteiger partial charge >= 0.3 is 12.4 Å². The van der Waals surface area contributed by atoms with E-state index >= 15 is 0 Å². The summed E-state index contributed by atoms with van der Waals surface area (Å²) in [6, 6.07) is 1.48. The zero-order valence-corrected chi connectivity index (χ0v) is 11.4. The van der Waals surface area contributed by atoms with Gasteiger partial charge in [0.15, 0.2) is 5.82 Å². The standard InChI is InChI=1S/C9H5F6N5O2S/c10-8(11,12)6-18-7(9(13,14)15)20(19-6)5-2-1-4(3-17-5)23(16,21)22/h1-3H,(H2,16,21,22). The molecule has 14 heteroatoms. The summed E-state index contributed by atoms with van der Waals surface area (Å²) in [6.07, 6.45) is -9.86. The summed E-state index contributed by atoms with van der Waals surface area (Å²) in [7, 11) is -4.17. The fourth-order valence-electron chi connectivity index (χ4n) is 1.44. The van der Waals surface area contributed by atoms with Gasteiger partial charge in [-0.2, -0.15) is 36.0 Å². The van der Waals surface area contributed by atoms with Gasteiger partial charge < -0.3 is 0 Å². The lowest BCUT2D eigenvalue weighted by Crippen LogP contribution is -2.16. The first-order chi connectivity index (χ1) is 10.3. The number of pyridine rings is 1. The number of alkyl halides is 6. The van der Waals surface area contributed by atoms with Crippen LogP contribution in [0.3, 0.4) is 0 Å².